The molecular weight excluding hydrogens is 459 g/mol. The lowest BCUT2D eigenvalue weighted by Gasteiger charge is -2.31. The summed E-state index contributed by atoms with van der Waals surface area (Å²) in [6.07, 6.45) is 2.90. The number of piperidine rings is 1. The summed E-state index contributed by atoms with van der Waals surface area (Å²) >= 11 is 11.9. The number of ether oxygens (including phenoxy) is 1. The van der Waals surface area contributed by atoms with E-state index in [0.29, 0.717) is 53.0 Å². The van der Waals surface area contributed by atoms with Gasteiger partial charge in [0.15, 0.2) is 0 Å². The maximum absolute atomic E-state index is 12.9. The lowest BCUT2D eigenvalue weighted by atomic mass is 9.99. The van der Waals surface area contributed by atoms with Gasteiger partial charge >= 0.3 is 0 Å². The molecule has 2 aromatic rings. The maximum atomic E-state index is 12.9. The van der Waals surface area contributed by atoms with Gasteiger partial charge in [-0.25, -0.2) is 12.7 Å². The van der Waals surface area contributed by atoms with Crippen molar-refractivity contribution in [1.82, 2.24) is 4.31 Å². The molecule has 1 aliphatic heterocycles. The Kier molecular flexibility index (Phi) is 8.00. The monoisotopic (exact) mass is 482 g/mol. The van der Waals surface area contributed by atoms with Crippen molar-refractivity contribution >= 4 is 44.8 Å². The molecule has 31 heavy (non-hydrogen) atoms. The third-order valence-electron chi connectivity index (χ3n) is 4.97. The predicted molar refractivity (Wildman–Crippen MR) is 124 cm³/mol. The fraction of sp³-hybridized carbons (Fsp3) is 0.318. The largest absolute Gasteiger partial charge is 0.490 e. The molecule has 0 aromatic heterocycles. The zero-order valence-electron chi connectivity index (χ0n) is 16.9. The van der Waals surface area contributed by atoms with Gasteiger partial charge in [0.2, 0.25) is 15.9 Å². The molecule has 1 N–H and O–H groups in total. The van der Waals surface area contributed by atoms with Crippen molar-refractivity contribution in [1.29, 1.82) is 0 Å². The van der Waals surface area contributed by atoms with Gasteiger partial charge in [-0.2, -0.15) is 0 Å². The first-order valence-corrected chi connectivity index (χ1v) is 12.2. The van der Waals surface area contributed by atoms with Gasteiger partial charge in [-0.05, 0) is 54.8 Å². The van der Waals surface area contributed by atoms with Gasteiger partial charge in [-0.1, -0.05) is 41.9 Å². The lowest BCUT2D eigenvalue weighted by Crippen LogP contribution is -2.44. The molecule has 1 heterocycles. The van der Waals surface area contributed by atoms with E-state index in [1.807, 2.05) is 0 Å². The number of halogens is 2. The molecule has 3 rings (SSSR count). The van der Waals surface area contributed by atoms with Crippen molar-refractivity contribution in [3.05, 3.63) is 70.7 Å². The van der Waals surface area contributed by atoms with Crippen molar-refractivity contribution < 1.29 is 17.9 Å². The highest BCUT2D eigenvalue weighted by Crippen LogP contribution is 2.26. The molecule has 9 heteroatoms. The first-order chi connectivity index (χ1) is 14.8. The zero-order chi connectivity index (χ0) is 22.4. The third kappa shape index (κ3) is 6.46. The number of amides is 1. The standard InChI is InChI=1S/C22H24Cl2N2O4S/c1-2-12-30-19-8-6-18(7-9-19)25-22(27)17-4-3-11-26(14-17)31(28,29)15-16-5-10-20(23)21(24)13-16/h2,5-10,13,17H,1,3-4,11-12,14-15H2,(H,25,27)/t17-/m0/s1. The molecule has 0 spiro atoms. The lowest BCUT2D eigenvalue weighted by molar-refractivity contribution is -0.120. The van der Waals surface area contributed by atoms with E-state index in [1.54, 1.807) is 48.5 Å². The highest BCUT2D eigenvalue weighted by molar-refractivity contribution is 7.88. The van der Waals surface area contributed by atoms with E-state index in [-0.39, 0.29) is 18.2 Å². The van der Waals surface area contributed by atoms with E-state index in [4.69, 9.17) is 27.9 Å². The Balaban J connectivity index is 1.61. The number of hydrogen-bond acceptors (Lipinski definition) is 4. The van der Waals surface area contributed by atoms with Gasteiger partial charge in [-0.3, -0.25) is 4.79 Å². The molecule has 1 saturated heterocycles. The van der Waals surface area contributed by atoms with Crippen molar-refractivity contribution in [2.24, 2.45) is 5.92 Å². The van der Waals surface area contributed by atoms with E-state index in [0.717, 1.165) is 0 Å². The number of carbonyl (C=O) groups excluding carboxylic acids is 1. The van der Waals surface area contributed by atoms with Gasteiger partial charge < -0.3 is 10.1 Å². The van der Waals surface area contributed by atoms with Crippen LogP contribution in [0.1, 0.15) is 18.4 Å². The fourth-order valence-electron chi connectivity index (χ4n) is 3.37. The molecule has 1 amide bonds. The van der Waals surface area contributed by atoms with Crippen molar-refractivity contribution in [3.63, 3.8) is 0 Å². The van der Waals surface area contributed by atoms with Gasteiger partial charge in [0.05, 0.1) is 21.7 Å². The third-order valence-corrected chi connectivity index (χ3v) is 7.53. The van der Waals surface area contributed by atoms with Crippen molar-refractivity contribution in [2.45, 2.75) is 18.6 Å². The molecule has 2 aromatic carbocycles. The van der Waals surface area contributed by atoms with Crippen molar-refractivity contribution in [3.8, 4) is 5.75 Å². The summed E-state index contributed by atoms with van der Waals surface area (Å²) in [7, 11) is -3.59. The second-order valence-electron chi connectivity index (χ2n) is 7.32. The average molecular weight is 483 g/mol. The Morgan fingerprint density at radius 3 is 2.61 bits per heavy atom. The van der Waals surface area contributed by atoms with Crippen molar-refractivity contribution in [2.75, 3.05) is 25.0 Å². The molecule has 1 atom stereocenters. The first-order valence-electron chi connectivity index (χ1n) is 9.85. The molecule has 6 nitrogen and oxygen atoms in total. The molecule has 0 unspecified atom stereocenters. The van der Waals surface area contributed by atoms with E-state index in [9.17, 15) is 13.2 Å². The maximum Gasteiger partial charge on any atom is 0.228 e. The highest BCUT2D eigenvalue weighted by atomic mass is 35.5. The van der Waals surface area contributed by atoms with Crippen LogP contribution in [0.2, 0.25) is 10.0 Å². The Morgan fingerprint density at radius 2 is 1.94 bits per heavy atom. The molecule has 1 fully saturated rings. The fourth-order valence-corrected chi connectivity index (χ4v) is 5.29. The van der Waals surface area contributed by atoms with Gasteiger partial charge in [0, 0.05) is 18.8 Å². The quantitative estimate of drug-likeness (QED) is 0.551. The summed E-state index contributed by atoms with van der Waals surface area (Å²) < 4.78 is 32.6. The van der Waals surface area contributed by atoms with Crippen LogP contribution in [0.15, 0.2) is 55.1 Å². The number of sulfonamides is 1. The highest BCUT2D eigenvalue weighted by Gasteiger charge is 2.32. The average Bonchev–Trinajstić information content (AvgIpc) is 2.76. The van der Waals surface area contributed by atoms with Gasteiger partial charge in [0.25, 0.3) is 0 Å². The summed E-state index contributed by atoms with van der Waals surface area (Å²) in [4.78, 5) is 12.7. The van der Waals surface area contributed by atoms with Crippen LogP contribution in [0.25, 0.3) is 0 Å². The minimum atomic E-state index is -3.59. The summed E-state index contributed by atoms with van der Waals surface area (Å²) in [5.41, 5.74) is 1.19. The number of nitrogens with zero attached hydrogens (tertiary/aromatic N) is 1. The number of hydrogen-bond donors (Lipinski definition) is 1. The summed E-state index contributed by atoms with van der Waals surface area (Å²) in [6.45, 7) is 4.54. The summed E-state index contributed by atoms with van der Waals surface area (Å²) in [5.74, 6) is -0.136. The molecule has 0 saturated carbocycles. The van der Waals surface area contributed by atoms with E-state index in [2.05, 4.69) is 11.9 Å². The number of benzene rings is 2. The van der Waals surface area contributed by atoms with Crippen LogP contribution < -0.4 is 10.1 Å². The molecule has 0 bridgehead atoms. The molecule has 0 aliphatic carbocycles. The minimum absolute atomic E-state index is 0.149. The Hall–Kier alpha value is -2.06. The van der Waals surface area contributed by atoms with E-state index < -0.39 is 15.9 Å². The molecular formula is C22H24Cl2N2O4S. The first kappa shape index (κ1) is 23.6. The SMILES string of the molecule is C=CCOc1ccc(NC(=O)[C@H]2CCCN(S(=O)(=O)Cc3ccc(Cl)c(Cl)c3)C2)cc1. The topological polar surface area (TPSA) is 75.7 Å². The number of anilines is 1. The summed E-state index contributed by atoms with van der Waals surface area (Å²) in [5, 5.41) is 3.55. The Morgan fingerprint density at radius 1 is 1.19 bits per heavy atom. The van der Waals surface area contributed by atoms with Crippen LogP contribution in [0.4, 0.5) is 5.69 Å². The normalized spacial score (nSPS) is 17.2. The van der Waals surface area contributed by atoms with Gasteiger partial charge in [-0.15, -0.1) is 0 Å². The van der Waals surface area contributed by atoms with E-state index in [1.165, 1.54) is 4.31 Å². The molecule has 166 valence electrons. The van der Waals surface area contributed by atoms with Crippen LogP contribution in [0.5, 0.6) is 5.75 Å². The number of rotatable bonds is 8. The van der Waals surface area contributed by atoms with Crippen LogP contribution >= 0.6 is 23.2 Å². The molecule has 0 radical (unpaired) electrons. The zero-order valence-corrected chi connectivity index (χ0v) is 19.2. The number of carbonyl (C=O) groups is 1. The van der Waals surface area contributed by atoms with Crippen LogP contribution in [0.3, 0.4) is 0 Å². The van der Waals surface area contributed by atoms with Crippen LogP contribution in [-0.4, -0.2) is 38.3 Å². The minimum Gasteiger partial charge on any atom is -0.490 e. The smallest absolute Gasteiger partial charge is 0.228 e. The Labute approximate surface area is 192 Å². The van der Waals surface area contributed by atoms with Crippen LogP contribution in [0, 0.1) is 5.92 Å². The van der Waals surface area contributed by atoms with Gasteiger partial charge in [0.1, 0.15) is 12.4 Å². The molecule has 1 aliphatic rings. The number of nitrogens with one attached hydrogen (secondary N) is 1. The second kappa shape index (κ2) is 10.5. The summed E-state index contributed by atoms with van der Waals surface area (Å²) in [6, 6.07) is 11.8. The van der Waals surface area contributed by atoms with Crippen LogP contribution in [-0.2, 0) is 20.6 Å². The van der Waals surface area contributed by atoms with E-state index >= 15 is 0 Å². The Bertz CT molecular complexity index is 1040. The predicted octanol–water partition coefficient (Wildman–Crippen LogP) is 4.74. The second-order valence-corrected chi connectivity index (χ2v) is 10.1.